The van der Waals surface area contributed by atoms with Crippen LogP contribution in [0.2, 0.25) is 0 Å². The van der Waals surface area contributed by atoms with E-state index >= 15 is 0 Å². The van der Waals surface area contributed by atoms with Gasteiger partial charge in [0.1, 0.15) is 5.82 Å². The van der Waals surface area contributed by atoms with E-state index in [1.54, 1.807) is 6.20 Å². The lowest BCUT2D eigenvalue weighted by atomic mass is 9.93. The van der Waals surface area contributed by atoms with E-state index in [0.29, 0.717) is 18.8 Å². The summed E-state index contributed by atoms with van der Waals surface area (Å²) >= 11 is 0. The zero-order valence-electron chi connectivity index (χ0n) is 12.4. The van der Waals surface area contributed by atoms with E-state index in [0.717, 1.165) is 31.6 Å². The van der Waals surface area contributed by atoms with Gasteiger partial charge in [0.2, 0.25) is 11.8 Å². The first-order chi connectivity index (χ1) is 10.7. The fourth-order valence-electron chi connectivity index (χ4n) is 2.76. The molecule has 0 spiro atoms. The van der Waals surface area contributed by atoms with Crippen molar-refractivity contribution in [2.45, 2.75) is 19.3 Å². The fraction of sp³-hybridized carbons (Fsp3) is 0.438. The third-order valence-corrected chi connectivity index (χ3v) is 4.02. The predicted octanol–water partition coefficient (Wildman–Crippen LogP) is 1.31. The molecule has 6 nitrogen and oxygen atoms in total. The maximum absolute atomic E-state index is 12.2. The van der Waals surface area contributed by atoms with Gasteiger partial charge in [-0.25, -0.2) is 4.98 Å². The molecular weight excluding hydrogens is 280 g/mol. The third kappa shape index (κ3) is 3.44. The van der Waals surface area contributed by atoms with Crippen molar-refractivity contribution < 1.29 is 9.59 Å². The van der Waals surface area contributed by atoms with Gasteiger partial charge in [-0.1, -0.05) is 12.2 Å². The molecular formula is C16H20N4O2. The van der Waals surface area contributed by atoms with Crippen LogP contribution >= 0.6 is 0 Å². The summed E-state index contributed by atoms with van der Waals surface area (Å²) in [6.07, 6.45) is 8.51. The van der Waals surface area contributed by atoms with Gasteiger partial charge in [-0.15, -0.1) is 0 Å². The largest absolute Gasteiger partial charge is 0.353 e. The molecule has 22 heavy (non-hydrogen) atoms. The number of anilines is 2. The molecule has 6 heteroatoms. The number of piperazine rings is 1. The number of amides is 2. The van der Waals surface area contributed by atoms with Gasteiger partial charge >= 0.3 is 0 Å². The second kappa shape index (κ2) is 6.60. The van der Waals surface area contributed by atoms with Crippen LogP contribution in [0.15, 0.2) is 30.5 Å². The summed E-state index contributed by atoms with van der Waals surface area (Å²) in [6.45, 7) is 1.71. The van der Waals surface area contributed by atoms with Crippen molar-refractivity contribution in [3.8, 4) is 0 Å². The number of aromatic nitrogens is 1. The quantitative estimate of drug-likeness (QED) is 0.826. The molecule has 1 aliphatic heterocycles. The standard InChI is InChI=1S/C16H20N4O2/c21-15-11-20(9-8-17-15)14-7-6-13(10-18-14)19-16(22)12-4-2-1-3-5-12/h1-2,6-7,10,12H,3-5,8-9,11H2,(H,17,21)(H,19,22)/t12-/m1/s1. The molecule has 1 aliphatic carbocycles. The van der Waals surface area contributed by atoms with Crippen LogP contribution in [0.5, 0.6) is 0 Å². The maximum atomic E-state index is 12.2. The number of carbonyl (C=O) groups excluding carboxylic acids is 2. The molecule has 1 atom stereocenters. The summed E-state index contributed by atoms with van der Waals surface area (Å²) in [5.74, 6) is 0.871. The third-order valence-electron chi connectivity index (χ3n) is 4.02. The summed E-state index contributed by atoms with van der Waals surface area (Å²) in [5.41, 5.74) is 0.699. The Morgan fingerprint density at radius 1 is 1.36 bits per heavy atom. The lowest BCUT2D eigenvalue weighted by molar-refractivity contribution is -0.121. The minimum absolute atomic E-state index is 0.00998. The average Bonchev–Trinajstić information content (AvgIpc) is 2.56. The van der Waals surface area contributed by atoms with E-state index < -0.39 is 0 Å². The zero-order chi connectivity index (χ0) is 15.4. The minimum atomic E-state index is 0.00998. The molecule has 0 radical (unpaired) electrons. The first-order valence-corrected chi connectivity index (χ1v) is 7.66. The van der Waals surface area contributed by atoms with E-state index in [1.807, 2.05) is 17.0 Å². The van der Waals surface area contributed by atoms with Crippen LogP contribution in [0.3, 0.4) is 0 Å². The summed E-state index contributed by atoms with van der Waals surface area (Å²) in [7, 11) is 0. The number of allylic oxidation sites excluding steroid dienone is 2. The van der Waals surface area contributed by atoms with Crippen LogP contribution in [0, 0.1) is 5.92 Å². The van der Waals surface area contributed by atoms with Gasteiger partial charge < -0.3 is 15.5 Å². The second-order valence-corrected chi connectivity index (χ2v) is 5.65. The molecule has 0 unspecified atom stereocenters. The molecule has 116 valence electrons. The Morgan fingerprint density at radius 2 is 2.27 bits per heavy atom. The van der Waals surface area contributed by atoms with Crippen molar-refractivity contribution in [2.75, 3.05) is 29.9 Å². The summed E-state index contributed by atoms with van der Waals surface area (Å²) in [4.78, 5) is 29.8. The van der Waals surface area contributed by atoms with Crippen molar-refractivity contribution in [1.82, 2.24) is 10.3 Å². The Morgan fingerprint density at radius 3 is 2.95 bits per heavy atom. The van der Waals surface area contributed by atoms with Crippen LogP contribution in [-0.2, 0) is 9.59 Å². The maximum Gasteiger partial charge on any atom is 0.239 e. The SMILES string of the molecule is O=C1CN(c2ccc(NC(=O)[C@@H]3CC=CCC3)cn2)CCN1. The zero-order valence-corrected chi connectivity index (χ0v) is 12.4. The first-order valence-electron chi connectivity index (χ1n) is 7.66. The molecule has 2 aliphatic rings. The molecule has 2 N–H and O–H groups in total. The molecule has 3 rings (SSSR count). The molecule has 1 saturated heterocycles. The van der Waals surface area contributed by atoms with Crippen molar-refractivity contribution in [1.29, 1.82) is 0 Å². The van der Waals surface area contributed by atoms with Gasteiger partial charge in [-0.2, -0.15) is 0 Å². The monoisotopic (exact) mass is 300 g/mol. The van der Waals surface area contributed by atoms with Crippen molar-refractivity contribution >= 4 is 23.3 Å². The lowest BCUT2D eigenvalue weighted by Gasteiger charge is -2.27. The van der Waals surface area contributed by atoms with E-state index in [-0.39, 0.29) is 17.7 Å². The predicted molar refractivity (Wildman–Crippen MR) is 84.6 cm³/mol. The number of hydrogen-bond donors (Lipinski definition) is 2. The Kier molecular flexibility index (Phi) is 4.37. The summed E-state index contributed by atoms with van der Waals surface area (Å²) < 4.78 is 0. The van der Waals surface area contributed by atoms with Gasteiger partial charge in [0.05, 0.1) is 18.4 Å². The lowest BCUT2D eigenvalue weighted by Crippen LogP contribution is -2.48. The average molecular weight is 300 g/mol. The van der Waals surface area contributed by atoms with E-state index in [1.165, 1.54) is 0 Å². The number of carbonyl (C=O) groups is 2. The molecule has 1 fully saturated rings. The highest BCUT2D eigenvalue weighted by atomic mass is 16.2. The second-order valence-electron chi connectivity index (χ2n) is 5.65. The molecule has 2 amide bonds. The highest BCUT2D eigenvalue weighted by molar-refractivity contribution is 5.92. The van der Waals surface area contributed by atoms with Crippen LogP contribution in [0.1, 0.15) is 19.3 Å². The molecule has 0 aromatic carbocycles. The van der Waals surface area contributed by atoms with Crippen molar-refractivity contribution in [3.05, 3.63) is 30.5 Å². The molecule has 0 saturated carbocycles. The highest BCUT2D eigenvalue weighted by Crippen LogP contribution is 2.21. The van der Waals surface area contributed by atoms with Gasteiger partial charge in [0.25, 0.3) is 0 Å². The normalized spacial score (nSPS) is 21.4. The summed E-state index contributed by atoms with van der Waals surface area (Å²) in [6, 6.07) is 3.68. The number of pyridine rings is 1. The van der Waals surface area contributed by atoms with E-state index in [9.17, 15) is 9.59 Å². The topological polar surface area (TPSA) is 74.3 Å². The van der Waals surface area contributed by atoms with Gasteiger partial charge in [-0.05, 0) is 31.4 Å². The number of rotatable bonds is 3. The van der Waals surface area contributed by atoms with Crippen LogP contribution < -0.4 is 15.5 Å². The molecule has 1 aromatic rings. The minimum Gasteiger partial charge on any atom is -0.353 e. The van der Waals surface area contributed by atoms with Crippen LogP contribution in [-0.4, -0.2) is 36.4 Å². The van der Waals surface area contributed by atoms with Gasteiger partial charge in [0.15, 0.2) is 0 Å². The van der Waals surface area contributed by atoms with Crippen LogP contribution in [0.25, 0.3) is 0 Å². The highest BCUT2D eigenvalue weighted by Gasteiger charge is 2.20. The fourth-order valence-corrected chi connectivity index (χ4v) is 2.76. The number of hydrogen-bond acceptors (Lipinski definition) is 4. The first kappa shape index (κ1) is 14.6. The Hall–Kier alpha value is -2.37. The van der Waals surface area contributed by atoms with Crippen molar-refractivity contribution in [2.24, 2.45) is 5.92 Å². The smallest absolute Gasteiger partial charge is 0.239 e. The Labute approximate surface area is 129 Å². The molecule has 0 bridgehead atoms. The molecule has 2 heterocycles. The van der Waals surface area contributed by atoms with Crippen LogP contribution in [0.4, 0.5) is 11.5 Å². The number of nitrogens with one attached hydrogen (secondary N) is 2. The number of nitrogens with zero attached hydrogens (tertiary/aromatic N) is 2. The van der Waals surface area contributed by atoms with E-state index in [4.69, 9.17) is 0 Å². The van der Waals surface area contributed by atoms with Crippen molar-refractivity contribution in [3.63, 3.8) is 0 Å². The Bertz CT molecular complexity index is 582. The van der Waals surface area contributed by atoms with E-state index in [2.05, 4.69) is 27.8 Å². The van der Waals surface area contributed by atoms with Gasteiger partial charge in [0, 0.05) is 19.0 Å². The Balaban J connectivity index is 1.60. The molecule has 1 aromatic heterocycles. The summed E-state index contributed by atoms with van der Waals surface area (Å²) in [5, 5.41) is 5.70. The van der Waals surface area contributed by atoms with Gasteiger partial charge in [-0.3, -0.25) is 9.59 Å².